The number of nitrogens with zero attached hydrogens (tertiary/aromatic N) is 3. The maximum Gasteiger partial charge on any atom is 0.263 e. The molecule has 0 bridgehead atoms. The molecule has 8 nitrogen and oxygen atoms in total. The molecule has 1 aliphatic heterocycles. The van der Waals surface area contributed by atoms with Gasteiger partial charge in [0.15, 0.2) is 0 Å². The monoisotopic (exact) mass is 511 g/mol. The summed E-state index contributed by atoms with van der Waals surface area (Å²) in [5.41, 5.74) is 2.54. The third-order valence-corrected chi connectivity index (χ3v) is 7.21. The molecular weight excluding hydrogens is 480 g/mol. The van der Waals surface area contributed by atoms with E-state index in [1.807, 2.05) is 13.8 Å². The Morgan fingerprint density at radius 2 is 2.05 bits per heavy atom. The minimum Gasteiger partial charge on any atom is -0.493 e. The van der Waals surface area contributed by atoms with E-state index in [2.05, 4.69) is 20.3 Å². The molecule has 3 aromatic rings. The summed E-state index contributed by atoms with van der Waals surface area (Å²) in [5, 5.41) is 3.05. The van der Waals surface area contributed by atoms with Crippen LogP contribution in [-0.4, -0.2) is 56.9 Å². The van der Waals surface area contributed by atoms with Gasteiger partial charge in [0.25, 0.3) is 12.3 Å². The minimum atomic E-state index is -2.65. The van der Waals surface area contributed by atoms with E-state index in [9.17, 15) is 18.4 Å². The third kappa shape index (κ3) is 5.01. The number of amides is 2. The van der Waals surface area contributed by atoms with Gasteiger partial charge in [0.1, 0.15) is 23.3 Å². The van der Waals surface area contributed by atoms with Gasteiger partial charge in [-0.2, -0.15) is 0 Å². The number of aromatic nitrogens is 3. The summed E-state index contributed by atoms with van der Waals surface area (Å²) in [7, 11) is 0. The largest absolute Gasteiger partial charge is 0.493 e. The average molecular weight is 512 g/mol. The zero-order valence-corrected chi connectivity index (χ0v) is 21.2. The molecule has 5 rings (SSSR count). The smallest absolute Gasteiger partial charge is 0.263 e. The first-order valence-electron chi connectivity index (χ1n) is 12.8. The molecule has 10 heteroatoms. The molecule has 2 N–H and O–H groups in total. The number of rotatable bonds is 8. The van der Waals surface area contributed by atoms with Crippen molar-refractivity contribution in [2.45, 2.75) is 65.0 Å². The number of nitrogens with one attached hydrogen (secondary N) is 2. The Bertz CT molecular complexity index is 1340. The van der Waals surface area contributed by atoms with Crippen molar-refractivity contribution >= 4 is 22.8 Å². The quantitative estimate of drug-likeness (QED) is 0.453. The van der Waals surface area contributed by atoms with Crippen molar-refractivity contribution < 1.29 is 23.1 Å². The van der Waals surface area contributed by atoms with Crippen LogP contribution in [-0.2, 0) is 4.79 Å². The highest BCUT2D eigenvalue weighted by molar-refractivity contribution is 6.09. The number of aryl methyl sites for hydroxylation is 1. The number of carbonyl (C=O) groups is 2. The standard InChI is InChI=1S/C27H31F2N5O3/c1-4-21(35)34-11-18(9-14(34)2)33-27(36)22-15(3)32-25-23(30-13-31-24(22)25)19-10-17(26(28)29)7-8-20(19)37-12-16-5-6-16/h7-8,10,13-14,16,18,26,32H,4-6,9,11-12H2,1-3H3,(H,33,36)/t14-,18-/m1/s1. The third-order valence-electron chi connectivity index (χ3n) is 7.21. The van der Waals surface area contributed by atoms with Crippen LogP contribution in [0.3, 0.4) is 0 Å². The molecule has 1 aliphatic carbocycles. The molecule has 2 aromatic heterocycles. The van der Waals surface area contributed by atoms with Crippen LogP contribution < -0.4 is 10.1 Å². The van der Waals surface area contributed by atoms with Gasteiger partial charge in [-0.25, -0.2) is 18.7 Å². The number of ether oxygens (including phenoxy) is 1. The van der Waals surface area contributed by atoms with E-state index in [0.29, 0.717) is 71.2 Å². The van der Waals surface area contributed by atoms with Crippen LogP contribution in [0.4, 0.5) is 8.78 Å². The van der Waals surface area contributed by atoms with Gasteiger partial charge < -0.3 is 19.9 Å². The summed E-state index contributed by atoms with van der Waals surface area (Å²) in [5.74, 6) is 0.715. The number of H-pyrrole nitrogens is 1. The van der Waals surface area contributed by atoms with Gasteiger partial charge in [0.05, 0.1) is 17.7 Å². The van der Waals surface area contributed by atoms with E-state index in [-0.39, 0.29) is 29.5 Å². The van der Waals surface area contributed by atoms with Crippen LogP contribution >= 0.6 is 0 Å². The van der Waals surface area contributed by atoms with E-state index in [1.165, 1.54) is 18.5 Å². The normalized spacial score (nSPS) is 19.6. The summed E-state index contributed by atoms with van der Waals surface area (Å²) in [6.45, 7) is 6.55. The lowest BCUT2D eigenvalue weighted by Crippen LogP contribution is -2.39. The molecule has 2 aliphatic rings. The second kappa shape index (κ2) is 10.1. The highest BCUT2D eigenvalue weighted by Gasteiger charge is 2.33. The Labute approximate surface area is 213 Å². The molecule has 3 heterocycles. The first kappa shape index (κ1) is 25.1. The predicted molar refractivity (Wildman–Crippen MR) is 135 cm³/mol. The maximum atomic E-state index is 13.6. The van der Waals surface area contributed by atoms with Crippen LogP contribution in [0.25, 0.3) is 22.3 Å². The number of likely N-dealkylation sites (tertiary alicyclic amines) is 1. The minimum absolute atomic E-state index is 0.0481. The summed E-state index contributed by atoms with van der Waals surface area (Å²) in [6, 6.07) is 4.19. The van der Waals surface area contributed by atoms with Gasteiger partial charge in [-0.3, -0.25) is 9.59 Å². The number of benzene rings is 1. The topological polar surface area (TPSA) is 100 Å². The fourth-order valence-corrected chi connectivity index (χ4v) is 5.03. The lowest BCUT2D eigenvalue weighted by Gasteiger charge is -2.20. The molecule has 2 fully saturated rings. The summed E-state index contributed by atoms with van der Waals surface area (Å²) in [4.78, 5) is 39.3. The molecule has 0 unspecified atom stereocenters. The second-order valence-corrected chi connectivity index (χ2v) is 10.0. The van der Waals surface area contributed by atoms with Gasteiger partial charge in [-0.15, -0.1) is 0 Å². The highest BCUT2D eigenvalue weighted by Crippen LogP contribution is 2.38. The number of hydrogen-bond acceptors (Lipinski definition) is 5. The van der Waals surface area contributed by atoms with Crippen molar-refractivity contribution in [2.24, 2.45) is 5.92 Å². The van der Waals surface area contributed by atoms with Gasteiger partial charge >= 0.3 is 0 Å². The number of aromatic amines is 1. The number of alkyl halides is 2. The van der Waals surface area contributed by atoms with Crippen molar-refractivity contribution in [3.05, 3.63) is 41.3 Å². The van der Waals surface area contributed by atoms with Crippen LogP contribution in [0.2, 0.25) is 0 Å². The number of carbonyl (C=O) groups excluding carboxylic acids is 2. The van der Waals surface area contributed by atoms with Crippen LogP contribution in [0.15, 0.2) is 24.5 Å². The van der Waals surface area contributed by atoms with E-state index in [0.717, 1.165) is 12.8 Å². The Balaban J connectivity index is 1.47. The molecule has 1 saturated heterocycles. The SMILES string of the molecule is CCC(=O)N1C[C@H](NC(=O)c2c(C)[nH]c3c(-c4cc(C(F)F)ccc4OCC4CC4)ncnc23)C[C@H]1C. The maximum absolute atomic E-state index is 13.6. The molecule has 37 heavy (non-hydrogen) atoms. The van der Waals surface area contributed by atoms with Crippen LogP contribution in [0.5, 0.6) is 5.75 Å². The van der Waals surface area contributed by atoms with E-state index in [1.54, 1.807) is 17.9 Å². The van der Waals surface area contributed by atoms with Crippen molar-refractivity contribution in [1.82, 2.24) is 25.2 Å². The van der Waals surface area contributed by atoms with Crippen molar-refractivity contribution in [3.8, 4) is 17.0 Å². The molecule has 1 aromatic carbocycles. The lowest BCUT2D eigenvalue weighted by molar-refractivity contribution is -0.131. The van der Waals surface area contributed by atoms with Crippen molar-refractivity contribution in [2.75, 3.05) is 13.2 Å². The first-order valence-corrected chi connectivity index (χ1v) is 12.8. The molecule has 2 amide bonds. The molecule has 0 radical (unpaired) electrons. The van der Waals surface area contributed by atoms with Gasteiger partial charge in [0.2, 0.25) is 5.91 Å². The lowest BCUT2D eigenvalue weighted by atomic mass is 10.0. The van der Waals surface area contributed by atoms with Crippen LogP contribution in [0, 0.1) is 12.8 Å². The van der Waals surface area contributed by atoms with Crippen LogP contribution in [0.1, 0.15) is 67.6 Å². The summed E-state index contributed by atoms with van der Waals surface area (Å²) < 4.78 is 33.1. The Morgan fingerprint density at radius 1 is 1.27 bits per heavy atom. The van der Waals surface area contributed by atoms with Gasteiger partial charge in [-0.1, -0.05) is 6.92 Å². The molecule has 0 spiro atoms. The molecule has 2 atom stereocenters. The van der Waals surface area contributed by atoms with Crippen molar-refractivity contribution in [3.63, 3.8) is 0 Å². The molecule has 196 valence electrons. The molecule has 1 saturated carbocycles. The summed E-state index contributed by atoms with van der Waals surface area (Å²) >= 11 is 0. The highest BCUT2D eigenvalue weighted by atomic mass is 19.3. The Kier molecular flexibility index (Phi) is 6.83. The Hall–Kier alpha value is -3.56. The van der Waals surface area contributed by atoms with E-state index < -0.39 is 6.43 Å². The average Bonchev–Trinajstić information content (AvgIpc) is 3.54. The fourth-order valence-electron chi connectivity index (χ4n) is 5.03. The molecular formula is C27H31F2N5O3. The number of hydrogen-bond donors (Lipinski definition) is 2. The van der Waals surface area contributed by atoms with E-state index >= 15 is 0 Å². The predicted octanol–water partition coefficient (Wildman–Crippen LogP) is 4.79. The van der Waals surface area contributed by atoms with Crippen molar-refractivity contribution in [1.29, 1.82) is 0 Å². The number of fused-ring (bicyclic) bond motifs is 1. The zero-order chi connectivity index (χ0) is 26.3. The fraction of sp³-hybridized carbons (Fsp3) is 0.481. The number of halogens is 2. The summed E-state index contributed by atoms with van der Waals surface area (Å²) in [6.07, 6.45) is 1.97. The van der Waals surface area contributed by atoms with Gasteiger partial charge in [-0.05, 0) is 57.2 Å². The van der Waals surface area contributed by atoms with Gasteiger partial charge in [0, 0.05) is 41.9 Å². The zero-order valence-electron chi connectivity index (χ0n) is 21.2. The first-order chi connectivity index (χ1) is 17.8. The second-order valence-electron chi connectivity index (χ2n) is 10.0. The van der Waals surface area contributed by atoms with E-state index in [4.69, 9.17) is 4.74 Å². The Morgan fingerprint density at radius 3 is 2.76 bits per heavy atom.